The molecular formula is C10H19KN2O4. The second kappa shape index (κ2) is 8.31. The molecule has 0 atom stereocenters. The van der Waals surface area contributed by atoms with Gasteiger partial charge in [0.1, 0.15) is 11.7 Å². The van der Waals surface area contributed by atoms with Crippen LogP contribution < -0.4 is 56.5 Å². The number of carboxylic acid groups (broad SMARTS) is 1. The molecule has 0 bridgehead atoms. The Kier molecular flexibility index (Phi) is 9.54. The van der Waals surface area contributed by atoms with Crippen LogP contribution in [0.1, 0.15) is 20.8 Å². The minimum absolute atomic E-state index is 0. The number of hydrogen-bond acceptors (Lipinski definition) is 4. The first kappa shape index (κ1) is 19.5. The number of nitrogens with zero attached hydrogens (tertiary/aromatic N) is 2. The number of ether oxygens (including phenoxy) is 1. The van der Waals surface area contributed by atoms with Crippen molar-refractivity contribution in [2.75, 3.05) is 27.2 Å². The molecule has 0 rings (SSSR count). The van der Waals surface area contributed by atoms with E-state index in [-0.39, 0.29) is 64.5 Å². The smallest absolute Gasteiger partial charge is 0.530 e. The topological polar surface area (TPSA) is 72.9 Å². The average Bonchev–Trinajstić information content (AvgIpc) is 2.10. The number of likely N-dealkylation sites (N-methyl/N-ethyl adjacent to an activating group) is 2. The third kappa shape index (κ3) is 9.84. The summed E-state index contributed by atoms with van der Waals surface area (Å²) in [5.74, 6) is 0. The molecule has 0 unspecified atom stereocenters. The van der Waals surface area contributed by atoms with Crippen molar-refractivity contribution >= 4 is 12.2 Å². The third-order valence-corrected chi connectivity index (χ3v) is 1.79. The molecule has 0 aliphatic carbocycles. The van der Waals surface area contributed by atoms with Gasteiger partial charge in [-0.3, -0.25) is 0 Å². The van der Waals surface area contributed by atoms with E-state index in [2.05, 4.69) is 0 Å². The van der Waals surface area contributed by atoms with E-state index in [1.165, 1.54) is 11.9 Å². The second-order valence-corrected chi connectivity index (χ2v) is 4.59. The second-order valence-electron chi connectivity index (χ2n) is 4.59. The van der Waals surface area contributed by atoms with Crippen LogP contribution in [0.25, 0.3) is 0 Å². The summed E-state index contributed by atoms with van der Waals surface area (Å²) >= 11 is 0. The Morgan fingerprint density at radius 1 is 1.12 bits per heavy atom. The van der Waals surface area contributed by atoms with Crippen LogP contribution in [0.5, 0.6) is 0 Å². The molecular weight excluding hydrogens is 251 g/mol. The van der Waals surface area contributed by atoms with Crippen molar-refractivity contribution in [3.8, 4) is 0 Å². The summed E-state index contributed by atoms with van der Waals surface area (Å²) in [5.41, 5.74) is -0.550. The van der Waals surface area contributed by atoms with E-state index >= 15 is 0 Å². The molecule has 0 N–H and O–H groups in total. The van der Waals surface area contributed by atoms with Gasteiger partial charge in [-0.2, -0.15) is 0 Å². The van der Waals surface area contributed by atoms with Crippen molar-refractivity contribution in [1.82, 2.24) is 9.80 Å². The molecule has 0 aromatic rings. The maximum atomic E-state index is 11.5. The van der Waals surface area contributed by atoms with Crippen molar-refractivity contribution in [1.29, 1.82) is 0 Å². The van der Waals surface area contributed by atoms with Gasteiger partial charge in [-0.05, 0) is 20.8 Å². The van der Waals surface area contributed by atoms with Crippen LogP contribution in [0.15, 0.2) is 0 Å². The van der Waals surface area contributed by atoms with Gasteiger partial charge in [0.15, 0.2) is 0 Å². The Hall–Kier alpha value is 0.176. The minimum atomic E-state index is -1.27. The largest absolute Gasteiger partial charge is 1.00 e. The summed E-state index contributed by atoms with van der Waals surface area (Å²) in [7, 11) is 2.94. The van der Waals surface area contributed by atoms with Gasteiger partial charge in [0.05, 0.1) is 0 Å². The summed E-state index contributed by atoms with van der Waals surface area (Å²) in [5, 5.41) is 10.4. The molecule has 17 heavy (non-hydrogen) atoms. The van der Waals surface area contributed by atoms with E-state index in [4.69, 9.17) is 4.74 Å². The fourth-order valence-corrected chi connectivity index (χ4v) is 0.822. The number of carbonyl (C=O) groups excluding carboxylic acids is 2. The van der Waals surface area contributed by atoms with Crippen LogP contribution in [0.4, 0.5) is 9.59 Å². The van der Waals surface area contributed by atoms with Gasteiger partial charge >= 0.3 is 57.5 Å². The fraction of sp³-hybridized carbons (Fsp3) is 0.800. The molecule has 0 saturated carbocycles. The molecule has 0 radical (unpaired) electrons. The molecule has 6 nitrogen and oxygen atoms in total. The van der Waals surface area contributed by atoms with E-state index in [0.717, 1.165) is 4.90 Å². The predicted octanol–water partition coefficient (Wildman–Crippen LogP) is -2.87. The average molecular weight is 270 g/mol. The van der Waals surface area contributed by atoms with Crippen LogP contribution in [0, 0.1) is 0 Å². The molecule has 2 amide bonds. The molecule has 0 aromatic carbocycles. The monoisotopic (exact) mass is 270 g/mol. The van der Waals surface area contributed by atoms with Crippen LogP contribution in [-0.4, -0.2) is 54.8 Å². The van der Waals surface area contributed by atoms with Crippen LogP contribution >= 0.6 is 0 Å². The molecule has 0 saturated heterocycles. The maximum absolute atomic E-state index is 11.5. The number of carbonyl (C=O) groups is 2. The zero-order chi connectivity index (χ0) is 12.9. The number of hydrogen-bond donors (Lipinski definition) is 0. The van der Waals surface area contributed by atoms with Gasteiger partial charge in [0.2, 0.25) is 0 Å². The Morgan fingerprint density at radius 3 is 1.88 bits per heavy atom. The van der Waals surface area contributed by atoms with E-state index in [1.807, 2.05) is 0 Å². The van der Waals surface area contributed by atoms with E-state index in [1.54, 1.807) is 27.8 Å². The van der Waals surface area contributed by atoms with E-state index in [9.17, 15) is 14.7 Å². The molecule has 0 aliphatic heterocycles. The summed E-state index contributed by atoms with van der Waals surface area (Å²) in [4.78, 5) is 24.2. The van der Waals surface area contributed by atoms with Crippen LogP contribution in [-0.2, 0) is 4.74 Å². The Balaban J connectivity index is 0. The summed E-state index contributed by atoms with van der Waals surface area (Å²) < 4.78 is 5.10. The van der Waals surface area contributed by atoms with Crippen LogP contribution in [0.3, 0.4) is 0 Å². The molecule has 0 fully saturated rings. The SMILES string of the molecule is CN(CCN(C)C(=O)OC(C)(C)C)C(=O)[O-].[K+]. The first-order valence-electron chi connectivity index (χ1n) is 4.99. The van der Waals surface area contributed by atoms with Crippen molar-refractivity contribution in [2.45, 2.75) is 26.4 Å². The first-order valence-corrected chi connectivity index (χ1v) is 4.99. The fourth-order valence-electron chi connectivity index (χ4n) is 0.822. The standard InChI is InChI=1S/C10H20N2O4.K/c1-10(2,3)16-9(15)12(5)7-6-11(4)8(13)14;/h6-7H2,1-5H3,(H,13,14);/q;+1/p-1. The van der Waals surface area contributed by atoms with E-state index in [0.29, 0.717) is 0 Å². The summed E-state index contributed by atoms with van der Waals surface area (Å²) in [6, 6.07) is 0. The van der Waals surface area contributed by atoms with Crippen molar-refractivity contribution in [3.05, 3.63) is 0 Å². The number of rotatable bonds is 3. The minimum Gasteiger partial charge on any atom is -0.530 e. The maximum Gasteiger partial charge on any atom is 1.00 e. The van der Waals surface area contributed by atoms with Crippen molar-refractivity contribution in [2.24, 2.45) is 0 Å². The van der Waals surface area contributed by atoms with Crippen LogP contribution in [0.2, 0.25) is 0 Å². The third-order valence-electron chi connectivity index (χ3n) is 1.79. The summed E-state index contributed by atoms with van der Waals surface area (Å²) in [6.45, 7) is 5.77. The molecule has 0 spiro atoms. The van der Waals surface area contributed by atoms with Crippen molar-refractivity contribution < 1.29 is 70.8 Å². The van der Waals surface area contributed by atoms with Gasteiger partial charge in [-0.15, -0.1) is 0 Å². The van der Waals surface area contributed by atoms with Crippen molar-refractivity contribution in [3.63, 3.8) is 0 Å². The Morgan fingerprint density at radius 2 is 1.53 bits per heavy atom. The molecule has 0 heterocycles. The van der Waals surface area contributed by atoms with Gasteiger partial charge < -0.3 is 24.4 Å². The Bertz CT molecular complexity index is 266. The van der Waals surface area contributed by atoms with Gasteiger partial charge in [-0.25, -0.2) is 4.79 Å². The zero-order valence-corrected chi connectivity index (χ0v) is 14.6. The summed E-state index contributed by atoms with van der Waals surface area (Å²) in [6.07, 6.45) is -1.74. The Labute approximate surface area is 145 Å². The quantitative estimate of drug-likeness (QED) is 0.517. The van der Waals surface area contributed by atoms with Gasteiger partial charge in [0.25, 0.3) is 0 Å². The predicted molar refractivity (Wildman–Crippen MR) is 56.9 cm³/mol. The molecule has 0 aromatic heterocycles. The molecule has 7 heteroatoms. The normalized spacial score (nSPS) is 10.2. The molecule has 94 valence electrons. The molecule has 0 aliphatic rings. The first-order chi connectivity index (χ1) is 7.13. The van der Waals surface area contributed by atoms with E-state index < -0.39 is 17.8 Å². The zero-order valence-electron chi connectivity index (χ0n) is 11.4. The van der Waals surface area contributed by atoms with Gasteiger partial charge in [0, 0.05) is 27.2 Å². The van der Waals surface area contributed by atoms with Gasteiger partial charge in [-0.1, -0.05) is 0 Å². The number of amides is 2.